The van der Waals surface area contributed by atoms with Crippen molar-refractivity contribution in [1.29, 1.82) is 0 Å². The van der Waals surface area contributed by atoms with Gasteiger partial charge in [-0.1, -0.05) is 26.7 Å². The molecule has 0 bridgehead atoms. The average Bonchev–Trinajstić information content (AvgIpc) is 2.28. The number of hydrogen-bond donors (Lipinski definition) is 2. The molecule has 0 aliphatic rings. The second-order valence-corrected chi connectivity index (χ2v) is 6.67. The van der Waals surface area contributed by atoms with Gasteiger partial charge in [0.1, 0.15) is 0 Å². The van der Waals surface area contributed by atoms with Crippen molar-refractivity contribution in [3.05, 3.63) is 0 Å². The molecule has 0 aromatic carbocycles. The summed E-state index contributed by atoms with van der Waals surface area (Å²) in [7, 11) is 0. The third-order valence-electron chi connectivity index (χ3n) is 2.99. The predicted molar refractivity (Wildman–Crippen MR) is 86.7 cm³/mol. The van der Waals surface area contributed by atoms with E-state index in [-0.39, 0.29) is 11.9 Å². The van der Waals surface area contributed by atoms with Gasteiger partial charge in [0.15, 0.2) is 0 Å². The van der Waals surface area contributed by atoms with Crippen molar-refractivity contribution in [1.82, 2.24) is 5.32 Å². The quantitative estimate of drug-likeness (QED) is 0.600. The maximum Gasteiger partial charge on any atom is 0.230 e. The van der Waals surface area contributed by atoms with Gasteiger partial charge in [0.2, 0.25) is 5.91 Å². The van der Waals surface area contributed by atoms with Gasteiger partial charge in [-0.05, 0) is 37.9 Å². The fraction of sp³-hybridized carbons (Fsp3) is 0.929. The Morgan fingerprint density at radius 2 is 1.83 bits per heavy atom. The molecular weight excluding hydrogens is 262 g/mol. The van der Waals surface area contributed by atoms with E-state index in [1.807, 2.05) is 13.8 Å². The third-order valence-corrected chi connectivity index (χ3v) is 4.94. The van der Waals surface area contributed by atoms with E-state index in [4.69, 9.17) is 0 Å². The number of nitrogens with one attached hydrogen (secondary N) is 1. The molecule has 0 aliphatic carbocycles. The van der Waals surface area contributed by atoms with Crippen LogP contribution in [0.15, 0.2) is 0 Å². The van der Waals surface area contributed by atoms with E-state index in [1.165, 1.54) is 25.7 Å². The molecule has 0 aromatic rings. The molecule has 1 amide bonds. The van der Waals surface area contributed by atoms with Crippen molar-refractivity contribution < 1.29 is 4.79 Å². The molecule has 108 valence electrons. The van der Waals surface area contributed by atoms with Gasteiger partial charge >= 0.3 is 0 Å². The first-order valence-electron chi connectivity index (χ1n) is 6.97. The summed E-state index contributed by atoms with van der Waals surface area (Å²) >= 11 is 6.29. The molecule has 0 fully saturated rings. The van der Waals surface area contributed by atoms with Crippen LogP contribution in [0, 0.1) is 5.41 Å². The molecule has 1 N–H and O–H groups in total. The van der Waals surface area contributed by atoms with Crippen molar-refractivity contribution in [2.75, 3.05) is 17.3 Å². The van der Waals surface area contributed by atoms with E-state index in [9.17, 15) is 4.79 Å². The lowest BCUT2D eigenvalue weighted by Crippen LogP contribution is -2.32. The second-order valence-electron chi connectivity index (χ2n) is 5.37. The van der Waals surface area contributed by atoms with Crippen LogP contribution >= 0.6 is 24.4 Å². The summed E-state index contributed by atoms with van der Waals surface area (Å²) in [6.07, 6.45) is 4.81. The Morgan fingerprint density at radius 1 is 1.28 bits per heavy atom. The Hall–Kier alpha value is 0.170. The molecule has 0 atom stereocenters. The lowest BCUT2D eigenvalue weighted by atomic mass is 9.83. The molecule has 0 aromatic heterocycles. The number of rotatable bonds is 10. The van der Waals surface area contributed by atoms with E-state index in [0.29, 0.717) is 11.2 Å². The van der Waals surface area contributed by atoms with E-state index < -0.39 is 0 Å². The normalized spacial score (nSPS) is 11.9. The van der Waals surface area contributed by atoms with Crippen LogP contribution < -0.4 is 5.32 Å². The number of hydrogen-bond acceptors (Lipinski definition) is 3. The smallest absolute Gasteiger partial charge is 0.230 e. The zero-order valence-corrected chi connectivity index (χ0v) is 14.0. The van der Waals surface area contributed by atoms with Crippen LogP contribution in [-0.4, -0.2) is 29.2 Å². The third kappa shape index (κ3) is 7.57. The minimum absolute atomic E-state index is 0.149. The molecule has 0 unspecified atom stereocenters. The van der Waals surface area contributed by atoms with Crippen LogP contribution in [-0.2, 0) is 4.79 Å². The van der Waals surface area contributed by atoms with Crippen LogP contribution in [0.3, 0.4) is 0 Å². The fourth-order valence-electron chi connectivity index (χ4n) is 2.26. The van der Waals surface area contributed by atoms with Gasteiger partial charge in [0.25, 0.3) is 0 Å². The van der Waals surface area contributed by atoms with Crippen molar-refractivity contribution in [2.24, 2.45) is 5.41 Å². The summed E-state index contributed by atoms with van der Waals surface area (Å²) in [6, 6.07) is 0.235. The number of carbonyl (C=O) groups is 1. The van der Waals surface area contributed by atoms with Crippen molar-refractivity contribution in [2.45, 2.75) is 59.4 Å². The van der Waals surface area contributed by atoms with Gasteiger partial charge in [-0.3, -0.25) is 4.79 Å². The van der Waals surface area contributed by atoms with Crippen molar-refractivity contribution >= 4 is 30.3 Å². The molecule has 4 heteroatoms. The highest BCUT2D eigenvalue weighted by Crippen LogP contribution is 2.34. The summed E-state index contributed by atoms with van der Waals surface area (Å²) in [6.45, 7) is 8.44. The molecular formula is C14H29NOS2. The summed E-state index contributed by atoms with van der Waals surface area (Å²) < 4.78 is 0. The lowest BCUT2D eigenvalue weighted by molar-refractivity contribution is -0.119. The minimum atomic E-state index is 0.149. The summed E-state index contributed by atoms with van der Waals surface area (Å²) in [5, 5.41) is 2.93. The number of thiol groups is 1. The SMILES string of the molecule is CCCC(CS)(CCC)CSCC(=O)NC(C)C. The van der Waals surface area contributed by atoms with E-state index in [1.54, 1.807) is 11.8 Å². The number of thioether (sulfide) groups is 1. The minimum Gasteiger partial charge on any atom is -0.353 e. The molecule has 0 aliphatic heterocycles. The lowest BCUT2D eigenvalue weighted by Gasteiger charge is -2.31. The molecule has 18 heavy (non-hydrogen) atoms. The van der Waals surface area contributed by atoms with E-state index >= 15 is 0 Å². The molecule has 0 saturated carbocycles. The van der Waals surface area contributed by atoms with Gasteiger partial charge in [0, 0.05) is 11.8 Å². The molecule has 0 spiro atoms. The zero-order valence-electron chi connectivity index (χ0n) is 12.3. The summed E-state index contributed by atoms with van der Waals surface area (Å²) in [5.74, 6) is 2.69. The highest BCUT2D eigenvalue weighted by atomic mass is 32.2. The maximum atomic E-state index is 11.6. The topological polar surface area (TPSA) is 29.1 Å². The Bertz CT molecular complexity index is 226. The Morgan fingerprint density at radius 3 is 2.22 bits per heavy atom. The van der Waals surface area contributed by atoms with Crippen LogP contribution in [0.25, 0.3) is 0 Å². The first-order valence-corrected chi connectivity index (χ1v) is 8.76. The van der Waals surface area contributed by atoms with E-state index in [0.717, 1.165) is 11.5 Å². The standard InChI is InChI=1S/C14H29NOS2/c1-5-7-14(10-17,8-6-2)11-18-9-13(16)15-12(3)4/h12,17H,5-11H2,1-4H3,(H,15,16). The molecule has 0 radical (unpaired) electrons. The van der Waals surface area contributed by atoms with Crippen LogP contribution in [0.4, 0.5) is 0 Å². The largest absolute Gasteiger partial charge is 0.353 e. The van der Waals surface area contributed by atoms with E-state index in [2.05, 4.69) is 31.8 Å². The zero-order chi connectivity index (χ0) is 14.0. The highest BCUT2D eigenvalue weighted by molar-refractivity contribution is 8.00. The maximum absolute atomic E-state index is 11.6. The monoisotopic (exact) mass is 291 g/mol. The van der Waals surface area contributed by atoms with Crippen LogP contribution in [0.1, 0.15) is 53.4 Å². The fourth-order valence-corrected chi connectivity index (χ4v) is 4.03. The van der Waals surface area contributed by atoms with Crippen molar-refractivity contribution in [3.8, 4) is 0 Å². The van der Waals surface area contributed by atoms with Crippen LogP contribution in [0.2, 0.25) is 0 Å². The Labute approximate surface area is 122 Å². The first kappa shape index (κ1) is 18.2. The van der Waals surface area contributed by atoms with Gasteiger partial charge in [-0.25, -0.2) is 0 Å². The van der Waals surface area contributed by atoms with Crippen LogP contribution in [0.5, 0.6) is 0 Å². The van der Waals surface area contributed by atoms with Crippen molar-refractivity contribution in [3.63, 3.8) is 0 Å². The predicted octanol–water partition coefficient (Wildman–Crippen LogP) is 3.76. The Kier molecular flexibility index (Phi) is 10.1. The highest BCUT2D eigenvalue weighted by Gasteiger charge is 2.26. The summed E-state index contributed by atoms with van der Waals surface area (Å²) in [4.78, 5) is 11.6. The molecule has 0 heterocycles. The molecule has 2 nitrogen and oxygen atoms in total. The second kappa shape index (κ2) is 10.0. The first-order chi connectivity index (χ1) is 8.49. The van der Waals surface area contributed by atoms with Gasteiger partial charge < -0.3 is 5.32 Å². The van der Waals surface area contributed by atoms with Gasteiger partial charge in [-0.2, -0.15) is 24.4 Å². The Balaban J connectivity index is 4.13. The molecule has 0 rings (SSSR count). The number of amides is 1. The van der Waals surface area contributed by atoms with Gasteiger partial charge in [0.05, 0.1) is 5.75 Å². The number of carbonyl (C=O) groups excluding carboxylic acids is 1. The van der Waals surface area contributed by atoms with Gasteiger partial charge in [-0.15, -0.1) is 0 Å². The molecule has 0 saturated heterocycles. The average molecular weight is 292 g/mol. The summed E-state index contributed by atoms with van der Waals surface area (Å²) in [5.41, 5.74) is 0.315.